The molecule has 3 nitrogen and oxygen atoms in total. The minimum absolute atomic E-state index is 1.00. The van der Waals surface area contributed by atoms with E-state index in [1.807, 2.05) is 0 Å². The van der Waals surface area contributed by atoms with Gasteiger partial charge in [-0.2, -0.15) is 0 Å². The molecule has 0 bridgehead atoms. The molecule has 0 unspecified atom stereocenters. The van der Waals surface area contributed by atoms with Gasteiger partial charge in [0.1, 0.15) is 0 Å². The monoisotopic (exact) mass is 275 g/mol. The van der Waals surface area contributed by atoms with Gasteiger partial charge in [-0.25, -0.2) is 4.98 Å². The van der Waals surface area contributed by atoms with E-state index in [0.717, 1.165) is 30.2 Å². The van der Waals surface area contributed by atoms with Crippen LogP contribution in [-0.4, -0.2) is 29.5 Å². The lowest BCUT2D eigenvalue weighted by molar-refractivity contribution is 0.331. The topological polar surface area (TPSA) is 28.2 Å². The van der Waals surface area contributed by atoms with Gasteiger partial charge in [0.2, 0.25) is 0 Å². The number of aromatic nitrogens is 1. The smallest absolute Gasteiger partial charge is 0.183 e. The molecule has 1 saturated heterocycles. The molecular formula is C15H21N3S. The van der Waals surface area contributed by atoms with Gasteiger partial charge in [-0.05, 0) is 50.0 Å². The Labute approximate surface area is 118 Å². The highest BCUT2D eigenvalue weighted by Crippen LogP contribution is 2.27. The summed E-state index contributed by atoms with van der Waals surface area (Å²) in [5.74, 6) is 0. The molecule has 2 heterocycles. The van der Waals surface area contributed by atoms with Crippen LogP contribution >= 0.6 is 11.3 Å². The van der Waals surface area contributed by atoms with Crippen molar-refractivity contribution in [2.45, 2.75) is 32.7 Å². The summed E-state index contributed by atoms with van der Waals surface area (Å²) < 4.78 is 1.30. The molecule has 1 aliphatic rings. The van der Waals surface area contributed by atoms with Crippen molar-refractivity contribution in [1.82, 2.24) is 9.88 Å². The second kappa shape index (κ2) is 5.88. The highest BCUT2D eigenvalue weighted by molar-refractivity contribution is 7.22. The number of nitrogens with zero attached hydrogens (tertiary/aromatic N) is 2. The van der Waals surface area contributed by atoms with Gasteiger partial charge < -0.3 is 5.32 Å². The maximum atomic E-state index is 4.62. The molecule has 1 aromatic carbocycles. The fraction of sp³-hybridized carbons (Fsp3) is 0.533. The Bertz CT molecular complexity index is 543. The molecule has 102 valence electrons. The van der Waals surface area contributed by atoms with Gasteiger partial charge >= 0.3 is 0 Å². The normalized spacial score (nSPS) is 16.3. The summed E-state index contributed by atoms with van der Waals surface area (Å²) in [6, 6.07) is 6.70. The van der Waals surface area contributed by atoms with E-state index in [-0.39, 0.29) is 0 Å². The van der Waals surface area contributed by atoms with Crippen molar-refractivity contribution in [3.63, 3.8) is 0 Å². The van der Waals surface area contributed by atoms with Gasteiger partial charge in [0.05, 0.1) is 10.2 Å². The highest BCUT2D eigenvalue weighted by Gasteiger charge is 2.12. The van der Waals surface area contributed by atoms with E-state index in [1.54, 1.807) is 11.3 Å². The average molecular weight is 275 g/mol. The van der Waals surface area contributed by atoms with Crippen LogP contribution in [0.3, 0.4) is 0 Å². The van der Waals surface area contributed by atoms with Crippen LogP contribution in [0.4, 0.5) is 5.13 Å². The van der Waals surface area contributed by atoms with E-state index in [4.69, 9.17) is 0 Å². The summed E-state index contributed by atoms with van der Waals surface area (Å²) in [4.78, 5) is 7.16. The van der Waals surface area contributed by atoms with E-state index in [9.17, 15) is 0 Å². The molecule has 1 aliphatic heterocycles. The van der Waals surface area contributed by atoms with Crippen molar-refractivity contribution in [1.29, 1.82) is 0 Å². The maximum absolute atomic E-state index is 4.62. The molecule has 19 heavy (non-hydrogen) atoms. The number of thiazole rings is 1. The van der Waals surface area contributed by atoms with Crippen molar-refractivity contribution >= 4 is 26.7 Å². The van der Waals surface area contributed by atoms with E-state index in [1.165, 1.54) is 36.2 Å². The van der Waals surface area contributed by atoms with Gasteiger partial charge in [-0.15, -0.1) is 0 Å². The first-order valence-electron chi connectivity index (χ1n) is 7.21. The van der Waals surface area contributed by atoms with Gasteiger partial charge in [0, 0.05) is 13.1 Å². The summed E-state index contributed by atoms with van der Waals surface area (Å²) in [5, 5.41) is 4.42. The first-order valence-corrected chi connectivity index (χ1v) is 8.02. The molecule has 1 fully saturated rings. The number of nitrogens with one attached hydrogen (secondary N) is 1. The number of rotatable bonds is 5. The number of hydrogen-bond donors (Lipinski definition) is 1. The Hall–Kier alpha value is -1.13. The van der Waals surface area contributed by atoms with Crippen LogP contribution in [0.1, 0.15) is 31.7 Å². The zero-order valence-electron chi connectivity index (χ0n) is 11.5. The lowest BCUT2D eigenvalue weighted by Gasteiger charge is -2.14. The third-order valence-electron chi connectivity index (χ3n) is 3.58. The second-order valence-electron chi connectivity index (χ2n) is 5.23. The fourth-order valence-electron chi connectivity index (χ4n) is 2.57. The summed E-state index contributed by atoms with van der Waals surface area (Å²) in [6.45, 7) is 6.77. The average Bonchev–Trinajstić information content (AvgIpc) is 3.04. The van der Waals surface area contributed by atoms with Crippen LogP contribution in [0.15, 0.2) is 18.2 Å². The van der Waals surface area contributed by atoms with Gasteiger partial charge in [0.15, 0.2) is 5.13 Å². The minimum Gasteiger partial charge on any atom is -0.361 e. The number of benzene rings is 1. The first kappa shape index (κ1) is 12.9. The molecule has 3 rings (SSSR count). The van der Waals surface area contributed by atoms with Gasteiger partial charge in [-0.3, -0.25) is 4.90 Å². The van der Waals surface area contributed by atoms with Crippen molar-refractivity contribution < 1.29 is 0 Å². The predicted molar refractivity (Wildman–Crippen MR) is 82.9 cm³/mol. The van der Waals surface area contributed by atoms with Crippen molar-refractivity contribution in [2.75, 3.05) is 25.0 Å². The van der Waals surface area contributed by atoms with Crippen molar-refractivity contribution in [2.24, 2.45) is 0 Å². The molecule has 0 atom stereocenters. The molecule has 0 saturated carbocycles. The molecule has 0 spiro atoms. The van der Waals surface area contributed by atoms with Crippen LogP contribution < -0.4 is 5.32 Å². The number of hydrogen-bond acceptors (Lipinski definition) is 4. The summed E-state index contributed by atoms with van der Waals surface area (Å²) in [7, 11) is 0. The molecular weight excluding hydrogens is 254 g/mol. The van der Waals surface area contributed by atoms with E-state index >= 15 is 0 Å². The number of anilines is 1. The fourth-order valence-corrected chi connectivity index (χ4v) is 3.53. The van der Waals surface area contributed by atoms with Crippen LogP contribution in [0, 0.1) is 0 Å². The molecule has 1 N–H and O–H groups in total. The largest absolute Gasteiger partial charge is 0.361 e. The highest BCUT2D eigenvalue weighted by atomic mass is 32.1. The lowest BCUT2D eigenvalue weighted by Crippen LogP contribution is -2.18. The molecule has 4 heteroatoms. The third-order valence-corrected chi connectivity index (χ3v) is 4.56. The predicted octanol–water partition coefficient (Wildman–Crippen LogP) is 3.71. The Morgan fingerprint density at radius 2 is 2.16 bits per heavy atom. The van der Waals surface area contributed by atoms with Gasteiger partial charge in [-0.1, -0.05) is 24.3 Å². The molecule has 0 amide bonds. The van der Waals surface area contributed by atoms with Crippen molar-refractivity contribution in [3.8, 4) is 0 Å². The molecule has 1 aromatic heterocycles. The molecule has 2 aromatic rings. The zero-order chi connectivity index (χ0) is 13.1. The van der Waals surface area contributed by atoms with Crippen molar-refractivity contribution in [3.05, 3.63) is 23.8 Å². The minimum atomic E-state index is 1.00. The van der Waals surface area contributed by atoms with Crippen LogP contribution in [-0.2, 0) is 6.54 Å². The van der Waals surface area contributed by atoms with Crippen LogP contribution in [0.2, 0.25) is 0 Å². The summed E-state index contributed by atoms with van der Waals surface area (Å²) >= 11 is 1.77. The van der Waals surface area contributed by atoms with E-state index in [0.29, 0.717) is 0 Å². The standard InChI is InChI=1S/C15H21N3S/c1-2-7-16-15-17-13-6-5-12(10-14(13)19-15)11-18-8-3-4-9-18/h5-6,10H,2-4,7-9,11H2,1H3,(H,16,17). The van der Waals surface area contributed by atoms with Gasteiger partial charge in [0.25, 0.3) is 0 Å². The number of likely N-dealkylation sites (tertiary alicyclic amines) is 1. The Balaban J connectivity index is 1.75. The summed E-state index contributed by atoms with van der Waals surface area (Å²) in [5.41, 5.74) is 2.54. The van der Waals surface area contributed by atoms with E-state index in [2.05, 4.69) is 40.3 Å². The first-order chi connectivity index (χ1) is 9.35. The lowest BCUT2D eigenvalue weighted by atomic mass is 10.2. The SMILES string of the molecule is CCCNc1nc2ccc(CN3CCCC3)cc2s1. The summed E-state index contributed by atoms with van der Waals surface area (Å²) in [6.07, 6.45) is 3.85. The van der Waals surface area contributed by atoms with Crippen LogP contribution in [0.5, 0.6) is 0 Å². The second-order valence-corrected chi connectivity index (χ2v) is 6.26. The Kier molecular flexibility index (Phi) is 3.99. The molecule has 0 aliphatic carbocycles. The quantitative estimate of drug-likeness (QED) is 0.901. The maximum Gasteiger partial charge on any atom is 0.183 e. The number of fused-ring (bicyclic) bond motifs is 1. The van der Waals surface area contributed by atoms with E-state index < -0.39 is 0 Å². The Morgan fingerprint density at radius 3 is 2.95 bits per heavy atom. The zero-order valence-corrected chi connectivity index (χ0v) is 12.3. The third kappa shape index (κ3) is 3.07. The molecule has 0 radical (unpaired) electrons. The van der Waals surface area contributed by atoms with Crippen LogP contribution in [0.25, 0.3) is 10.2 Å². The Morgan fingerprint density at radius 1 is 1.32 bits per heavy atom.